The lowest BCUT2D eigenvalue weighted by Crippen LogP contribution is -2.61. The number of nitrogens with one attached hydrogen (secondary N) is 13. The fraction of sp³-hybridized carbons (Fsp3) is 0.598. The summed E-state index contributed by atoms with van der Waals surface area (Å²) in [4.78, 5) is 202. The number of aromatic amines is 1. The number of H-pyrrole nitrogens is 1. The van der Waals surface area contributed by atoms with Crippen molar-refractivity contribution in [2.75, 3.05) is 65.8 Å². The number of carboxylic acids is 1. The number of aliphatic hydroxyl groups excluding tert-OH is 3. The minimum Gasteiger partial charge on any atom is -0.508 e. The van der Waals surface area contributed by atoms with Crippen LogP contribution in [0, 0.1) is 5.41 Å². The average molecular weight is 1750 g/mol. The summed E-state index contributed by atoms with van der Waals surface area (Å²) in [5, 5.41) is 90.0. The first-order valence-electron chi connectivity index (χ1n) is 43.8. The van der Waals surface area contributed by atoms with E-state index in [1.54, 1.807) is 49.5 Å². The van der Waals surface area contributed by atoms with Crippen molar-refractivity contribution in [2.45, 2.75) is 266 Å². The molecule has 0 spiro atoms. The molecule has 125 heavy (non-hydrogen) atoms. The van der Waals surface area contributed by atoms with Crippen molar-refractivity contribution in [3.8, 4) is 5.75 Å². The summed E-state index contributed by atoms with van der Waals surface area (Å²) in [5.74, 6) is -12.1. The molecule has 38 nitrogen and oxygen atoms in total. The molecule has 0 bridgehead atoms. The third-order valence-corrected chi connectivity index (χ3v) is 22.2. The van der Waals surface area contributed by atoms with Gasteiger partial charge in [-0.15, -0.1) is 0 Å². The van der Waals surface area contributed by atoms with E-state index in [-0.39, 0.29) is 141 Å². The molecule has 0 saturated carbocycles. The predicted molar refractivity (Wildman–Crippen MR) is 460 cm³/mol. The number of hydrogen-bond donors (Lipinski definition) is 20. The maximum atomic E-state index is 15.4. The number of aromatic nitrogens is 1. The number of unbranched alkanes of at least 4 members (excludes halogenated alkanes) is 12. The highest BCUT2D eigenvalue weighted by molar-refractivity contribution is 6.00. The van der Waals surface area contributed by atoms with Gasteiger partial charge < -0.3 is 120 Å². The number of β-amino-alcohol motifs (C(OH)–C–C–N with tert-alkyl or cyclic N) is 1. The van der Waals surface area contributed by atoms with Gasteiger partial charge in [0.2, 0.25) is 76.8 Å². The minimum absolute atomic E-state index is 0.00195. The van der Waals surface area contributed by atoms with E-state index >= 15 is 24.0 Å². The van der Waals surface area contributed by atoms with Crippen LogP contribution in [0.3, 0.4) is 0 Å². The zero-order chi connectivity index (χ0) is 90.6. The van der Waals surface area contributed by atoms with E-state index < -0.39 is 189 Å². The topological polar surface area (TPSA) is 589 Å². The molecule has 0 radical (unpaired) electrons. The number of amides is 13. The van der Waals surface area contributed by atoms with Gasteiger partial charge in [0.1, 0.15) is 72.8 Å². The van der Waals surface area contributed by atoms with Crippen molar-refractivity contribution in [3.63, 3.8) is 0 Å². The molecule has 3 fully saturated rings. The molecule has 38 heteroatoms. The van der Waals surface area contributed by atoms with Gasteiger partial charge in [-0.25, -0.2) is 0 Å². The second kappa shape index (κ2) is 54.4. The average Bonchev–Trinajstić information content (AvgIpc) is 1.69. The zero-order valence-corrected chi connectivity index (χ0v) is 71.4. The molecule has 7 rings (SSSR count). The van der Waals surface area contributed by atoms with Crippen molar-refractivity contribution >= 4 is 99.6 Å². The van der Waals surface area contributed by atoms with E-state index in [4.69, 9.17) is 31.5 Å². The van der Waals surface area contributed by atoms with Crippen molar-refractivity contribution < 1.29 is 102 Å². The minimum atomic E-state index is -1.68. The van der Waals surface area contributed by atoms with E-state index in [1.807, 2.05) is 18.2 Å². The van der Waals surface area contributed by atoms with E-state index in [1.165, 1.54) is 30.7 Å². The Kier molecular flexibility index (Phi) is 43.9. The van der Waals surface area contributed by atoms with Gasteiger partial charge in [-0.05, 0) is 92.7 Å². The zero-order valence-electron chi connectivity index (χ0n) is 71.4. The van der Waals surface area contributed by atoms with Crippen molar-refractivity contribution in [1.29, 1.82) is 5.41 Å². The third-order valence-electron chi connectivity index (χ3n) is 22.2. The Bertz CT molecular complexity index is 4180. The summed E-state index contributed by atoms with van der Waals surface area (Å²) in [5.41, 5.74) is 13.7. The van der Waals surface area contributed by atoms with Crippen molar-refractivity contribution in [1.82, 2.24) is 73.3 Å². The molecule has 3 saturated heterocycles. The molecule has 0 unspecified atom stereocenters. The number of fused-ring (bicyclic) bond motifs is 2. The number of ether oxygens (including phenoxy) is 2. The number of aliphatic hydroxyl groups is 3. The molecule has 3 aliphatic rings. The fourth-order valence-corrected chi connectivity index (χ4v) is 15.3. The smallest absolute Gasteiger partial charge is 0.303 e. The van der Waals surface area contributed by atoms with Crippen LogP contribution in [0.1, 0.15) is 191 Å². The van der Waals surface area contributed by atoms with Crippen LogP contribution in [0.15, 0.2) is 85.1 Å². The highest BCUT2D eigenvalue weighted by Gasteiger charge is 2.46. The molecule has 0 aliphatic carbocycles. The van der Waals surface area contributed by atoms with Crippen LogP contribution in [0.2, 0.25) is 0 Å². The maximum absolute atomic E-state index is 15.4. The number of carbonyl (C=O) groups excluding carboxylic acids is 13. The number of hydrogen-bond acceptors (Lipinski definition) is 21. The number of phenols is 1. The van der Waals surface area contributed by atoms with Crippen LogP contribution in [0.25, 0.3) is 10.9 Å². The first kappa shape index (κ1) is 101. The fourth-order valence-electron chi connectivity index (χ4n) is 15.3. The van der Waals surface area contributed by atoms with Crippen LogP contribution in [-0.2, 0) is 95.9 Å². The van der Waals surface area contributed by atoms with Crippen LogP contribution in [-0.4, -0.2) is 267 Å². The SMILES string of the molecule is CCCC[C@H](NC(=O)[C@@H]1C[C@@H](O)CN1C(=O)[C@H](Cc1ccc(O)cc1)NC(=O)[C@H](CO)NC(=O)COCCOCCNC(=O)CCCCCCCCCCCCCCC(=O)O)C(=O)N[C@H]1CCC(=O)NCCCC[C@@H](C(N)=O)NC(=O)[C@H](Cc2c[nH]c3ccccc23)NC(=O)[C@H](CCCNC(=N)N)NC(=O)[C@@H](Cc2ccccc2)NC(=O)[C@@H]2C[C@@H](O)CN2C1=O. The van der Waals surface area contributed by atoms with E-state index in [0.717, 1.165) is 91.3 Å². The summed E-state index contributed by atoms with van der Waals surface area (Å²) < 4.78 is 11.0. The Morgan fingerprint density at radius 3 is 1.92 bits per heavy atom. The van der Waals surface area contributed by atoms with Crippen LogP contribution in [0.4, 0.5) is 0 Å². The maximum Gasteiger partial charge on any atom is 0.303 e. The number of para-hydroxylation sites is 1. The summed E-state index contributed by atoms with van der Waals surface area (Å²) in [6.45, 7) is -0.201. The van der Waals surface area contributed by atoms with E-state index in [2.05, 4.69) is 63.5 Å². The highest BCUT2D eigenvalue weighted by atomic mass is 16.5. The van der Waals surface area contributed by atoms with Crippen LogP contribution < -0.4 is 70.0 Å². The van der Waals surface area contributed by atoms with Crippen molar-refractivity contribution in [3.05, 3.63) is 102 Å². The van der Waals surface area contributed by atoms with E-state index in [0.29, 0.717) is 29.5 Å². The Morgan fingerprint density at radius 2 is 1.24 bits per heavy atom. The first-order chi connectivity index (χ1) is 60.1. The molecular weight excluding hydrogens is 1620 g/mol. The van der Waals surface area contributed by atoms with Crippen LogP contribution >= 0.6 is 0 Å². The number of phenolic OH excluding ortho intramolecular Hbond substituents is 1. The molecule has 4 aromatic rings. The molecule has 22 N–H and O–H groups in total. The number of aliphatic carboxylic acids is 1. The number of primary amides is 1. The Hall–Kier alpha value is -11.4. The Balaban J connectivity index is 1.02. The highest BCUT2D eigenvalue weighted by Crippen LogP contribution is 2.26. The second-order valence-corrected chi connectivity index (χ2v) is 32.2. The van der Waals surface area contributed by atoms with Gasteiger partial charge in [0.25, 0.3) is 0 Å². The summed E-state index contributed by atoms with van der Waals surface area (Å²) in [6.07, 6.45) is 10.8. The van der Waals surface area contributed by atoms with Gasteiger partial charge in [-0.1, -0.05) is 145 Å². The molecule has 3 aliphatic heterocycles. The number of guanidine groups is 1. The van der Waals surface area contributed by atoms with Crippen molar-refractivity contribution in [2.24, 2.45) is 11.5 Å². The molecule has 13 amide bonds. The van der Waals surface area contributed by atoms with Gasteiger partial charge >= 0.3 is 5.97 Å². The number of likely N-dealkylation sites (tertiary alicyclic amines) is 1. The number of carbonyl (C=O) groups is 14. The van der Waals surface area contributed by atoms with E-state index in [9.17, 15) is 63.6 Å². The first-order valence-corrected chi connectivity index (χ1v) is 43.8. The number of nitrogens with two attached hydrogens (primary N) is 2. The molecule has 12 atom stereocenters. The number of aromatic hydroxyl groups is 1. The standard InChI is InChI=1S/C87H129N17O21/c1-2-3-27-64(98-83(120)71-48-60(108)52-104(71)86(123)69(46-56-33-35-58(106)36-34-56)102-82(119)70(53-105)95-75(111)54-125-44-43-124-42-41-92-73(109)31-17-12-10-8-6-4-5-7-9-11-13-18-32-76(112)113)78(115)99-66-37-38-74(110)91-39-22-21-29-63(77(88)114)96-81(118)68(47-57-50-94-62-28-20-19-26-61(57)62)100-79(116)65(30-23-40-93-87(89)90)97-80(117)67(45-55-24-15-14-16-25-55)101-84(121)72-49-59(107)51-103(72)85(66)122/h14-16,19-20,24-26,28,33-36,50,59-60,63-72,94,105-108H,2-13,17-18,21-23,27,29-32,37-49,51-54H2,1H3,(H2,88,114)(H,91,110)(H,92,109)(H,95,111)(H,96,118)(H,97,117)(H,98,120)(H,99,115)(H,100,116)(H,101,121)(H,102,119)(H,112,113)(H4,89,90,93)/t59-,60-,63+,64+,65+,66+,67-,68+,69+,70+,71+,72+/m1/s1. The Morgan fingerprint density at radius 1 is 0.608 bits per heavy atom. The van der Waals surface area contributed by atoms with Gasteiger partial charge in [0.05, 0.1) is 38.6 Å². The lowest BCUT2D eigenvalue weighted by molar-refractivity contribution is -0.144. The van der Waals surface area contributed by atoms with Gasteiger partial charge in [-0.2, -0.15) is 0 Å². The normalized spacial score (nSPS) is 20.8. The summed E-state index contributed by atoms with van der Waals surface area (Å²) >= 11 is 0. The molecular formula is C87H129N17O21. The Labute approximate surface area is 727 Å². The lowest BCUT2D eigenvalue weighted by Gasteiger charge is -2.32. The second-order valence-electron chi connectivity index (χ2n) is 32.2. The number of rotatable bonds is 46. The number of nitrogens with zero attached hydrogens (tertiary/aromatic N) is 2. The van der Waals surface area contributed by atoms with Crippen LogP contribution in [0.5, 0.6) is 5.75 Å². The molecule has 688 valence electrons. The molecule has 1 aromatic heterocycles. The summed E-state index contributed by atoms with van der Waals surface area (Å²) in [7, 11) is 0. The number of benzene rings is 3. The number of carboxylic acid groups (broad SMARTS) is 1. The predicted octanol–water partition coefficient (Wildman–Crippen LogP) is 0.410. The summed E-state index contributed by atoms with van der Waals surface area (Å²) in [6, 6.07) is 6.16. The third kappa shape index (κ3) is 35.7. The molecule has 4 heterocycles. The van der Waals surface area contributed by atoms with Gasteiger partial charge in [0, 0.05) is 101 Å². The lowest BCUT2D eigenvalue weighted by atomic mass is 10.0. The van der Waals surface area contributed by atoms with Gasteiger partial charge in [-0.3, -0.25) is 72.5 Å². The van der Waals surface area contributed by atoms with Gasteiger partial charge in [0.15, 0.2) is 5.96 Å². The monoisotopic (exact) mass is 1750 g/mol. The molecule has 3 aromatic carbocycles. The quantitative estimate of drug-likeness (QED) is 0.0162. The largest absolute Gasteiger partial charge is 0.508 e.